The Hall–Kier alpha value is -0.810. The first-order chi connectivity index (χ1) is 6.31. The van der Waals surface area contributed by atoms with Crippen molar-refractivity contribution in [2.24, 2.45) is 0 Å². The largest absolute Gasteiger partial charge is 0.407 e. The van der Waals surface area contributed by atoms with E-state index in [1.54, 1.807) is 4.90 Å². The summed E-state index contributed by atoms with van der Waals surface area (Å²) in [5.41, 5.74) is 0. The number of aliphatic hydroxyl groups is 1. The number of hydrogen-bond acceptors (Lipinski definition) is 5. The van der Waals surface area contributed by atoms with Crippen LogP contribution in [-0.2, 0) is 5.88 Å². The molecular weight excluding hydrogens is 194 g/mol. The molecular formula is C7H12ClN3O2. The molecule has 0 amide bonds. The molecule has 0 radical (unpaired) electrons. The summed E-state index contributed by atoms with van der Waals surface area (Å²) in [7, 11) is 0. The number of aliphatic hydroxyl groups excluding tert-OH is 1. The highest BCUT2D eigenvalue weighted by atomic mass is 35.5. The lowest BCUT2D eigenvalue weighted by molar-refractivity contribution is 0.299. The fourth-order valence-electron chi connectivity index (χ4n) is 0.936. The summed E-state index contributed by atoms with van der Waals surface area (Å²) in [6, 6.07) is 0.409. The molecule has 13 heavy (non-hydrogen) atoms. The highest BCUT2D eigenvalue weighted by molar-refractivity contribution is 6.16. The van der Waals surface area contributed by atoms with E-state index in [1.807, 2.05) is 6.92 Å². The van der Waals surface area contributed by atoms with Crippen molar-refractivity contribution < 1.29 is 9.52 Å². The number of anilines is 1. The minimum Gasteiger partial charge on any atom is -0.407 e. The van der Waals surface area contributed by atoms with Crippen LogP contribution in [0.2, 0.25) is 0 Å². The van der Waals surface area contributed by atoms with E-state index < -0.39 is 0 Å². The Kier molecular flexibility index (Phi) is 3.98. The van der Waals surface area contributed by atoms with E-state index in [4.69, 9.17) is 21.1 Å². The van der Waals surface area contributed by atoms with Gasteiger partial charge in [0.2, 0.25) is 5.89 Å². The van der Waals surface area contributed by atoms with Gasteiger partial charge < -0.3 is 14.4 Å². The van der Waals surface area contributed by atoms with E-state index >= 15 is 0 Å². The van der Waals surface area contributed by atoms with E-state index in [2.05, 4.69) is 10.2 Å². The van der Waals surface area contributed by atoms with Crippen LogP contribution in [0.25, 0.3) is 0 Å². The van der Waals surface area contributed by atoms with Crippen molar-refractivity contribution >= 4 is 17.6 Å². The maximum Gasteiger partial charge on any atom is 0.318 e. The zero-order chi connectivity index (χ0) is 9.68. The van der Waals surface area contributed by atoms with Gasteiger partial charge >= 0.3 is 6.01 Å². The molecule has 1 heterocycles. The van der Waals surface area contributed by atoms with Crippen molar-refractivity contribution in [1.29, 1.82) is 0 Å². The van der Waals surface area contributed by atoms with Gasteiger partial charge in [-0.15, -0.1) is 16.7 Å². The molecule has 0 saturated heterocycles. The zero-order valence-corrected chi connectivity index (χ0v) is 8.16. The molecule has 0 atom stereocenters. The summed E-state index contributed by atoms with van der Waals surface area (Å²) in [4.78, 5) is 1.78. The van der Waals surface area contributed by atoms with Crippen molar-refractivity contribution in [3.05, 3.63) is 5.89 Å². The number of halogens is 1. The quantitative estimate of drug-likeness (QED) is 0.715. The molecule has 0 unspecified atom stereocenters. The summed E-state index contributed by atoms with van der Waals surface area (Å²) in [5.74, 6) is 0.608. The van der Waals surface area contributed by atoms with Crippen molar-refractivity contribution in [3.8, 4) is 0 Å². The average molecular weight is 206 g/mol. The molecule has 0 bridgehead atoms. The fourth-order valence-corrected chi connectivity index (χ4v) is 1.04. The van der Waals surface area contributed by atoms with Crippen LogP contribution in [0.3, 0.4) is 0 Å². The lowest BCUT2D eigenvalue weighted by Gasteiger charge is -2.15. The third kappa shape index (κ3) is 2.57. The lowest BCUT2D eigenvalue weighted by Crippen LogP contribution is -2.26. The molecule has 1 aromatic heterocycles. The highest BCUT2D eigenvalue weighted by Crippen LogP contribution is 2.12. The molecule has 0 aliphatic heterocycles. The first-order valence-electron chi connectivity index (χ1n) is 4.06. The lowest BCUT2D eigenvalue weighted by atomic mass is 10.5. The molecule has 0 aliphatic carbocycles. The van der Waals surface area contributed by atoms with Crippen molar-refractivity contribution in [2.75, 3.05) is 24.6 Å². The Bertz CT molecular complexity index is 254. The van der Waals surface area contributed by atoms with E-state index in [-0.39, 0.29) is 12.5 Å². The second-order valence-corrected chi connectivity index (χ2v) is 2.68. The number of aromatic nitrogens is 2. The van der Waals surface area contributed by atoms with Crippen LogP contribution in [0.15, 0.2) is 4.42 Å². The first-order valence-corrected chi connectivity index (χ1v) is 4.59. The van der Waals surface area contributed by atoms with Crippen molar-refractivity contribution in [3.63, 3.8) is 0 Å². The minimum absolute atomic E-state index is 0.0619. The molecule has 0 fully saturated rings. The van der Waals surface area contributed by atoms with Crippen LogP contribution in [0.5, 0.6) is 0 Å². The monoisotopic (exact) mass is 205 g/mol. The molecule has 0 aromatic carbocycles. The van der Waals surface area contributed by atoms with Gasteiger partial charge in [-0.2, -0.15) is 0 Å². The van der Waals surface area contributed by atoms with Crippen LogP contribution < -0.4 is 4.90 Å². The van der Waals surface area contributed by atoms with Gasteiger partial charge in [-0.1, -0.05) is 5.10 Å². The minimum atomic E-state index is 0.0619. The van der Waals surface area contributed by atoms with Gasteiger partial charge in [0.15, 0.2) is 0 Å². The Morgan fingerprint density at radius 2 is 2.31 bits per heavy atom. The number of alkyl halides is 1. The normalized spacial score (nSPS) is 10.4. The Balaban J connectivity index is 2.67. The molecule has 1 aromatic rings. The van der Waals surface area contributed by atoms with Crippen LogP contribution in [0.4, 0.5) is 6.01 Å². The fraction of sp³-hybridized carbons (Fsp3) is 0.714. The number of rotatable bonds is 5. The van der Waals surface area contributed by atoms with Gasteiger partial charge in [0.25, 0.3) is 0 Å². The van der Waals surface area contributed by atoms with Crippen LogP contribution in [-0.4, -0.2) is 35.0 Å². The second-order valence-electron chi connectivity index (χ2n) is 2.42. The highest BCUT2D eigenvalue weighted by Gasteiger charge is 2.11. The van der Waals surface area contributed by atoms with Gasteiger partial charge in [0.1, 0.15) is 5.88 Å². The Labute approximate surface area is 81.3 Å². The molecule has 1 N–H and O–H groups in total. The van der Waals surface area contributed by atoms with Crippen molar-refractivity contribution in [2.45, 2.75) is 12.8 Å². The average Bonchev–Trinajstić information content (AvgIpc) is 2.62. The molecule has 0 saturated carbocycles. The number of likely N-dealkylation sites (N-methyl/N-ethyl adjacent to an activating group) is 1. The number of nitrogens with zero attached hydrogens (tertiary/aromatic N) is 3. The molecule has 1 rings (SSSR count). The SMILES string of the molecule is CCN(CCO)c1nnc(CCl)o1. The van der Waals surface area contributed by atoms with Crippen LogP contribution in [0, 0.1) is 0 Å². The Morgan fingerprint density at radius 3 is 2.77 bits per heavy atom. The van der Waals surface area contributed by atoms with Gasteiger partial charge in [-0.3, -0.25) is 0 Å². The first kappa shape index (κ1) is 10.3. The van der Waals surface area contributed by atoms with E-state index in [1.165, 1.54) is 0 Å². The molecule has 6 heteroatoms. The third-order valence-corrected chi connectivity index (χ3v) is 1.82. The summed E-state index contributed by atoms with van der Waals surface area (Å²) in [6.45, 7) is 3.21. The summed E-state index contributed by atoms with van der Waals surface area (Å²) in [5, 5.41) is 16.2. The molecule has 74 valence electrons. The van der Waals surface area contributed by atoms with E-state index in [0.29, 0.717) is 25.0 Å². The predicted molar refractivity (Wildman–Crippen MR) is 48.8 cm³/mol. The maximum absolute atomic E-state index is 8.74. The topological polar surface area (TPSA) is 62.4 Å². The Morgan fingerprint density at radius 1 is 1.54 bits per heavy atom. The van der Waals surface area contributed by atoms with Crippen LogP contribution >= 0.6 is 11.6 Å². The predicted octanol–water partition coefficient (Wildman–Crippen LogP) is 0.627. The van der Waals surface area contributed by atoms with Gasteiger partial charge in [-0.05, 0) is 6.92 Å². The second kappa shape index (κ2) is 5.04. The molecule has 5 nitrogen and oxygen atoms in total. The third-order valence-electron chi connectivity index (χ3n) is 1.59. The summed E-state index contributed by atoms with van der Waals surface area (Å²) >= 11 is 5.50. The van der Waals surface area contributed by atoms with E-state index in [9.17, 15) is 0 Å². The summed E-state index contributed by atoms with van der Waals surface area (Å²) < 4.78 is 5.20. The molecule has 0 aliphatic rings. The van der Waals surface area contributed by atoms with Gasteiger partial charge in [0.05, 0.1) is 6.61 Å². The van der Waals surface area contributed by atoms with Gasteiger partial charge in [0, 0.05) is 13.1 Å². The van der Waals surface area contributed by atoms with Crippen LogP contribution in [0.1, 0.15) is 12.8 Å². The molecule has 0 spiro atoms. The standard InChI is InChI=1S/C7H12ClN3O2/c1-2-11(3-4-12)7-10-9-6(5-8)13-7/h12H,2-5H2,1H3. The zero-order valence-electron chi connectivity index (χ0n) is 7.40. The maximum atomic E-state index is 8.74. The van der Waals surface area contributed by atoms with E-state index in [0.717, 1.165) is 0 Å². The van der Waals surface area contributed by atoms with Crippen molar-refractivity contribution in [1.82, 2.24) is 10.2 Å². The summed E-state index contributed by atoms with van der Waals surface area (Å²) in [6.07, 6.45) is 0. The van der Waals surface area contributed by atoms with Gasteiger partial charge in [-0.25, -0.2) is 0 Å². The smallest absolute Gasteiger partial charge is 0.318 e. The number of hydrogen-bond donors (Lipinski definition) is 1.